The van der Waals surface area contributed by atoms with Crippen molar-refractivity contribution in [2.24, 2.45) is 0 Å². The number of H-pyrrole nitrogens is 1. The largest absolute Gasteiger partial charge is 0.475 e. The number of hydrogen-bond acceptors (Lipinski definition) is 10. The molecule has 2 fully saturated rings. The Morgan fingerprint density at radius 3 is 3.00 bits per heavy atom. The molecule has 4 heterocycles. The van der Waals surface area contributed by atoms with Crippen LogP contribution in [-0.2, 0) is 22.9 Å². The van der Waals surface area contributed by atoms with Gasteiger partial charge in [-0.15, -0.1) is 0 Å². The SMILES string of the molecule is Cc1nc2c(ncn2[C@@H]2O[C@H](COP3(=O)OCCC(c4cccc(Cl)c4)O3)[C@@H](O)[C@@]2(C)O)c(=O)[nH]1. The molecule has 1 aromatic carbocycles. The molecule has 3 N–H and O–H groups in total. The number of aromatic amines is 1. The lowest BCUT2D eigenvalue weighted by Crippen LogP contribution is -2.44. The van der Waals surface area contributed by atoms with Gasteiger partial charge >= 0.3 is 7.82 Å². The number of rotatable bonds is 5. The first kappa shape index (κ1) is 24.5. The minimum absolute atomic E-state index is 0.0599. The molecule has 0 amide bonds. The van der Waals surface area contributed by atoms with Crippen molar-refractivity contribution in [1.82, 2.24) is 19.5 Å². The molecule has 3 aromatic rings. The number of imidazole rings is 1. The highest BCUT2D eigenvalue weighted by molar-refractivity contribution is 7.48. The van der Waals surface area contributed by atoms with Gasteiger partial charge in [-0.25, -0.2) is 14.5 Å². The third-order valence-corrected chi connectivity index (χ3v) is 7.77. The molecular weight excluding hydrogens is 503 g/mol. The summed E-state index contributed by atoms with van der Waals surface area (Å²) < 4.78 is 36.8. The van der Waals surface area contributed by atoms with E-state index in [9.17, 15) is 19.6 Å². The summed E-state index contributed by atoms with van der Waals surface area (Å²) in [5.74, 6) is 0.348. The Hall–Kier alpha value is -2.15. The van der Waals surface area contributed by atoms with E-state index in [2.05, 4.69) is 15.0 Å². The maximum atomic E-state index is 13.1. The van der Waals surface area contributed by atoms with E-state index in [1.807, 2.05) is 0 Å². The molecule has 2 aliphatic rings. The summed E-state index contributed by atoms with van der Waals surface area (Å²) in [7, 11) is -4.00. The summed E-state index contributed by atoms with van der Waals surface area (Å²) >= 11 is 6.05. The average Bonchev–Trinajstić information content (AvgIpc) is 3.31. The molecule has 188 valence electrons. The van der Waals surface area contributed by atoms with E-state index < -0.39 is 50.1 Å². The molecular formula is C21H24ClN4O8P. The van der Waals surface area contributed by atoms with Crippen LogP contribution in [0.1, 0.15) is 37.1 Å². The highest BCUT2D eigenvalue weighted by atomic mass is 35.5. The van der Waals surface area contributed by atoms with E-state index in [4.69, 9.17) is 29.9 Å². The van der Waals surface area contributed by atoms with Crippen LogP contribution in [0.25, 0.3) is 11.2 Å². The van der Waals surface area contributed by atoms with E-state index in [1.54, 1.807) is 31.2 Å². The van der Waals surface area contributed by atoms with Crippen molar-refractivity contribution in [3.05, 3.63) is 57.4 Å². The third kappa shape index (κ3) is 4.56. The summed E-state index contributed by atoms with van der Waals surface area (Å²) in [6.45, 7) is 2.71. The van der Waals surface area contributed by atoms with Gasteiger partial charge in [0.1, 0.15) is 23.6 Å². The van der Waals surface area contributed by atoms with Crippen LogP contribution in [0.15, 0.2) is 35.4 Å². The summed E-state index contributed by atoms with van der Waals surface area (Å²) in [6.07, 6.45) is -2.49. The van der Waals surface area contributed by atoms with E-state index in [1.165, 1.54) is 17.8 Å². The summed E-state index contributed by atoms with van der Waals surface area (Å²) in [5.41, 5.74) is -1.28. The number of benzene rings is 1. The molecule has 2 saturated heterocycles. The molecule has 5 rings (SSSR count). The molecule has 2 aliphatic heterocycles. The Bertz CT molecular complexity index is 1360. The number of aromatic nitrogens is 4. The number of fused-ring (bicyclic) bond motifs is 1. The van der Waals surface area contributed by atoms with Gasteiger partial charge in [0.05, 0.1) is 25.6 Å². The van der Waals surface area contributed by atoms with Crippen molar-refractivity contribution in [3.8, 4) is 0 Å². The van der Waals surface area contributed by atoms with Crippen molar-refractivity contribution in [2.45, 2.75) is 50.4 Å². The van der Waals surface area contributed by atoms with Crippen LogP contribution >= 0.6 is 19.4 Å². The molecule has 12 nitrogen and oxygen atoms in total. The van der Waals surface area contributed by atoms with Gasteiger partial charge in [0.15, 0.2) is 17.4 Å². The van der Waals surface area contributed by atoms with Crippen molar-refractivity contribution >= 4 is 30.6 Å². The number of aliphatic hydroxyl groups excluding tert-OH is 1. The van der Waals surface area contributed by atoms with Gasteiger partial charge < -0.3 is 19.9 Å². The fraction of sp³-hybridized carbons (Fsp3) is 0.476. The van der Waals surface area contributed by atoms with Gasteiger partial charge in [0.25, 0.3) is 5.56 Å². The first-order valence-corrected chi connectivity index (χ1v) is 12.7. The van der Waals surface area contributed by atoms with Crippen LogP contribution in [0, 0.1) is 6.92 Å². The molecule has 0 aliphatic carbocycles. The van der Waals surface area contributed by atoms with Crippen LogP contribution in [0.5, 0.6) is 0 Å². The zero-order valence-corrected chi connectivity index (χ0v) is 20.5. The molecule has 0 radical (unpaired) electrons. The lowest BCUT2D eigenvalue weighted by atomic mass is 9.96. The Morgan fingerprint density at radius 2 is 2.23 bits per heavy atom. The lowest BCUT2D eigenvalue weighted by Gasteiger charge is -2.30. The monoisotopic (exact) mass is 526 g/mol. The fourth-order valence-electron chi connectivity index (χ4n) is 4.26. The van der Waals surface area contributed by atoms with Crippen molar-refractivity contribution in [1.29, 1.82) is 0 Å². The summed E-state index contributed by atoms with van der Waals surface area (Å²) in [5, 5.41) is 22.3. The Labute approximate surface area is 204 Å². The van der Waals surface area contributed by atoms with E-state index in [0.29, 0.717) is 17.3 Å². The lowest BCUT2D eigenvalue weighted by molar-refractivity contribution is -0.0953. The van der Waals surface area contributed by atoms with Crippen molar-refractivity contribution < 1.29 is 33.1 Å². The standard InChI is InChI=1S/C21H24ClN4O8P/c1-11-24-18-16(19(28)25-11)23-10-26(18)20-21(2,29)17(27)15(33-20)9-32-35(30)31-7-6-14(34-35)12-4-3-5-13(22)8-12/h3-5,8,10,14-15,17,20,27,29H,6-7,9H2,1-2H3,(H,24,25,28)/t14?,15-,17-,20-,21-,35?/m1/s1. The Morgan fingerprint density at radius 1 is 1.43 bits per heavy atom. The van der Waals surface area contributed by atoms with E-state index >= 15 is 0 Å². The molecule has 0 bridgehead atoms. The average molecular weight is 527 g/mol. The van der Waals surface area contributed by atoms with Crippen LogP contribution in [0.4, 0.5) is 0 Å². The molecule has 35 heavy (non-hydrogen) atoms. The number of halogens is 1. The van der Waals surface area contributed by atoms with Gasteiger partial charge in [0, 0.05) is 11.4 Å². The number of nitrogens with zero attached hydrogens (tertiary/aromatic N) is 3. The minimum atomic E-state index is -4.00. The van der Waals surface area contributed by atoms with Gasteiger partial charge in [-0.2, -0.15) is 0 Å². The zero-order valence-electron chi connectivity index (χ0n) is 18.8. The predicted molar refractivity (Wildman–Crippen MR) is 123 cm³/mol. The smallest absolute Gasteiger partial charge is 0.387 e. The van der Waals surface area contributed by atoms with Gasteiger partial charge in [0.2, 0.25) is 0 Å². The number of nitrogens with one attached hydrogen (secondary N) is 1. The Kier molecular flexibility index (Phi) is 6.35. The highest BCUT2D eigenvalue weighted by Crippen LogP contribution is 2.57. The number of phosphoric ester groups is 1. The Balaban J connectivity index is 1.33. The molecule has 0 spiro atoms. The third-order valence-electron chi connectivity index (χ3n) is 6.06. The first-order chi connectivity index (χ1) is 16.6. The van der Waals surface area contributed by atoms with Crippen molar-refractivity contribution in [2.75, 3.05) is 13.2 Å². The van der Waals surface area contributed by atoms with Crippen LogP contribution in [0.3, 0.4) is 0 Å². The highest BCUT2D eigenvalue weighted by Gasteiger charge is 2.54. The second kappa shape index (κ2) is 9.06. The fourth-order valence-corrected chi connectivity index (χ4v) is 5.85. The minimum Gasteiger partial charge on any atom is -0.387 e. The molecule has 0 saturated carbocycles. The van der Waals surface area contributed by atoms with Crippen molar-refractivity contribution in [3.63, 3.8) is 0 Å². The second-order valence-electron chi connectivity index (χ2n) is 8.69. The predicted octanol–water partition coefficient (Wildman–Crippen LogP) is 2.39. The van der Waals surface area contributed by atoms with Crippen LogP contribution in [0.2, 0.25) is 5.02 Å². The van der Waals surface area contributed by atoms with Crippen LogP contribution < -0.4 is 5.56 Å². The maximum absolute atomic E-state index is 13.1. The zero-order chi connectivity index (χ0) is 25.0. The van der Waals surface area contributed by atoms with Gasteiger partial charge in [-0.1, -0.05) is 23.7 Å². The van der Waals surface area contributed by atoms with Gasteiger partial charge in [-0.05, 0) is 31.5 Å². The number of aliphatic hydroxyl groups is 2. The van der Waals surface area contributed by atoms with Crippen LogP contribution in [-0.4, -0.2) is 60.8 Å². The molecule has 2 aromatic heterocycles. The summed E-state index contributed by atoms with van der Waals surface area (Å²) in [6, 6.07) is 6.99. The normalized spacial score (nSPS) is 33.4. The topological polar surface area (TPSA) is 158 Å². The number of ether oxygens (including phenoxy) is 1. The van der Waals surface area contributed by atoms with E-state index in [-0.39, 0.29) is 17.8 Å². The number of aryl methyl sites for hydroxylation is 1. The number of hydrogen-bond donors (Lipinski definition) is 3. The quantitative estimate of drug-likeness (QED) is 0.421. The van der Waals surface area contributed by atoms with Gasteiger partial charge in [-0.3, -0.25) is 22.9 Å². The first-order valence-electron chi connectivity index (χ1n) is 10.9. The maximum Gasteiger partial charge on any atom is 0.475 e. The molecule has 14 heteroatoms. The summed E-state index contributed by atoms with van der Waals surface area (Å²) in [4.78, 5) is 23.1. The molecule has 6 atom stereocenters. The second-order valence-corrected chi connectivity index (χ2v) is 10.7. The van der Waals surface area contributed by atoms with E-state index in [0.717, 1.165) is 5.56 Å². The number of phosphoric acid groups is 1. The molecule has 2 unspecified atom stereocenters.